The zero-order valence-corrected chi connectivity index (χ0v) is 11.2. The number of hydrogen-bond acceptors (Lipinski definition) is 4. The number of urea groups is 1. The second kappa shape index (κ2) is 7.60. The predicted octanol–water partition coefficient (Wildman–Crippen LogP) is 1.63. The van der Waals surface area contributed by atoms with Crippen molar-refractivity contribution in [3.63, 3.8) is 0 Å². The molecular formula is C12H16N2O3S. The summed E-state index contributed by atoms with van der Waals surface area (Å²) in [6, 6.07) is 7.13. The Labute approximate surface area is 110 Å². The number of hydrogen-bond donors (Lipinski definition) is 2. The lowest BCUT2D eigenvalue weighted by atomic mass is 10.3. The van der Waals surface area contributed by atoms with Gasteiger partial charge in [-0.15, -0.1) is 11.8 Å². The molecule has 0 saturated carbocycles. The molecule has 6 heteroatoms. The second-order valence-corrected chi connectivity index (χ2v) is 4.57. The van der Waals surface area contributed by atoms with Crippen LogP contribution in [0, 0.1) is 0 Å². The highest BCUT2D eigenvalue weighted by Crippen LogP contribution is 2.23. The van der Waals surface area contributed by atoms with Gasteiger partial charge in [-0.25, -0.2) is 4.79 Å². The molecule has 0 atom stereocenters. The van der Waals surface area contributed by atoms with E-state index in [1.807, 2.05) is 24.3 Å². The molecule has 0 saturated heterocycles. The van der Waals surface area contributed by atoms with Gasteiger partial charge in [0.05, 0.1) is 7.11 Å². The molecule has 5 nitrogen and oxygen atoms in total. The number of benzene rings is 1. The second-order valence-electron chi connectivity index (χ2n) is 3.40. The van der Waals surface area contributed by atoms with Crippen LogP contribution in [0.2, 0.25) is 0 Å². The van der Waals surface area contributed by atoms with Crippen molar-refractivity contribution in [3.8, 4) is 5.75 Å². The number of rotatable bonds is 5. The number of carbonyl (C=O) groups excluding carboxylic acids is 2. The van der Waals surface area contributed by atoms with Crippen LogP contribution in [-0.2, 0) is 4.79 Å². The van der Waals surface area contributed by atoms with Crippen molar-refractivity contribution in [1.29, 1.82) is 0 Å². The van der Waals surface area contributed by atoms with Gasteiger partial charge in [-0.2, -0.15) is 0 Å². The van der Waals surface area contributed by atoms with E-state index in [1.165, 1.54) is 7.05 Å². The van der Waals surface area contributed by atoms with Gasteiger partial charge in [-0.05, 0) is 18.2 Å². The Balaban J connectivity index is 2.32. The average molecular weight is 268 g/mol. The Morgan fingerprint density at radius 1 is 1.39 bits per heavy atom. The highest BCUT2D eigenvalue weighted by molar-refractivity contribution is 7.99. The third kappa shape index (κ3) is 5.09. The lowest BCUT2D eigenvalue weighted by Gasteiger charge is -2.05. The third-order valence-electron chi connectivity index (χ3n) is 2.12. The van der Waals surface area contributed by atoms with Gasteiger partial charge in [0, 0.05) is 24.1 Å². The molecule has 98 valence electrons. The molecular weight excluding hydrogens is 252 g/mol. The van der Waals surface area contributed by atoms with E-state index in [0.29, 0.717) is 5.75 Å². The van der Waals surface area contributed by atoms with Crippen LogP contribution in [0.25, 0.3) is 0 Å². The maximum atomic E-state index is 11.3. The minimum Gasteiger partial charge on any atom is -0.497 e. The molecule has 0 aliphatic rings. The molecule has 0 unspecified atom stereocenters. The van der Waals surface area contributed by atoms with Gasteiger partial charge in [0.15, 0.2) is 0 Å². The lowest BCUT2D eigenvalue weighted by molar-refractivity contribution is -0.119. The summed E-state index contributed by atoms with van der Waals surface area (Å²) in [6.45, 7) is 0. The first-order valence-electron chi connectivity index (χ1n) is 5.44. The highest BCUT2D eigenvalue weighted by atomic mass is 32.2. The van der Waals surface area contributed by atoms with Gasteiger partial charge < -0.3 is 10.1 Å². The monoisotopic (exact) mass is 268 g/mol. The van der Waals surface area contributed by atoms with Gasteiger partial charge in [-0.1, -0.05) is 6.07 Å². The van der Waals surface area contributed by atoms with E-state index in [4.69, 9.17) is 4.74 Å². The smallest absolute Gasteiger partial charge is 0.321 e. The summed E-state index contributed by atoms with van der Waals surface area (Å²) in [5.41, 5.74) is 0. The summed E-state index contributed by atoms with van der Waals surface area (Å²) in [7, 11) is 3.08. The molecule has 0 fully saturated rings. The highest BCUT2D eigenvalue weighted by Gasteiger charge is 2.05. The molecule has 0 heterocycles. The first-order valence-corrected chi connectivity index (χ1v) is 6.42. The molecule has 0 aromatic heterocycles. The first kappa shape index (κ1) is 14.4. The van der Waals surface area contributed by atoms with Crippen LogP contribution in [-0.4, -0.2) is 31.8 Å². The lowest BCUT2D eigenvalue weighted by Crippen LogP contribution is -2.37. The van der Waals surface area contributed by atoms with Crippen LogP contribution in [0.3, 0.4) is 0 Å². The number of imide groups is 1. The zero-order chi connectivity index (χ0) is 13.4. The molecule has 0 radical (unpaired) electrons. The van der Waals surface area contributed by atoms with E-state index >= 15 is 0 Å². The van der Waals surface area contributed by atoms with E-state index in [0.717, 1.165) is 10.6 Å². The average Bonchev–Trinajstić information content (AvgIpc) is 2.38. The number of nitrogens with one attached hydrogen (secondary N) is 2. The quantitative estimate of drug-likeness (QED) is 0.797. The summed E-state index contributed by atoms with van der Waals surface area (Å²) in [6.07, 6.45) is 0.287. The Kier molecular flexibility index (Phi) is 6.07. The van der Waals surface area contributed by atoms with E-state index in [1.54, 1.807) is 18.9 Å². The summed E-state index contributed by atoms with van der Waals surface area (Å²) >= 11 is 1.54. The minimum atomic E-state index is -0.480. The van der Waals surface area contributed by atoms with Crippen LogP contribution >= 0.6 is 11.8 Å². The Morgan fingerprint density at radius 2 is 2.17 bits per heavy atom. The number of thioether (sulfide) groups is 1. The van der Waals surface area contributed by atoms with Gasteiger partial charge in [-0.3, -0.25) is 10.1 Å². The van der Waals surface area contributed by atoms with Gasteiger partial charge in [0.1, 0.15) is 5.75 Å². The molecule has 0 aliphatic heterocycles. The van der Waals surface area contributed by atoms with Crippen LogP contribution in [0.1, 0.15) is 6.42 Å². The molecule has 1 aromatic carbocycles. The summed E-state index contributed by atoms with van der Waals surface area (Å²) in [4.78, 5) is 23.2. The Morgan fingerprint density at radius 3 is 2.83 bits per heavy atom. The molecule has 1 rings (SSSR count). The van der Waals surface area contributed by atoms with Crippen LogP contribution in [0.4, 0.5) is 4.79 Å². The maximum Gasteiger partial charge on any atom is 0.321 e. The topological polar surface area (TPSA) is 67.4 Å². The molecule has 0 spiro atoms. The Bertz CT molecular complexity index is 424. The number of methoxy groups -OCH3 is 1. The van der Waals surface area contributed by atoms with Gasteiger partial charge in [0.25, 0.3) is 0 Å². The van der Waals surface area contributed by atoms with Crippen molar-refractivity contribution < 1.29 is 14.3 Å². The summed E-state index contributed by atoms with van der Waals surface area (Å²) in [5.74, 6) is 1.11. The fourth-order valence-electron chi connectivity index (χ4n) is 1.20. The third-order valence-corrected chi connectivity index (χ3v) is 3.11. The number of carbonyl (C=O) groups is 2. The van der Waals surface area contributed by atoms with E-state index in [2.05, 4.69) is 10.6 Å². The Hall–Kier alpha value is -1.69. The molecule has 2 N–H and O–H groups in total. The van der Waals surface area contributed by atoms with Gasteiger partial charge >= 0.3 is 6.03 Å². The van der Waals surface area contributed by atoms with Crippen LogP contribution in [0.5, 0.6) is 5.75 Å². The molecule has 0 aliphatic carbocycles. The van der Waals surface area contributed by atoms with Crippen molar-refractivity contribution in [3.05, 3.63) is 24.3 Å². The number of amides is 3. The van der Waals surface area contributed by atoms with Crippen molar-refractivity contribution in [2.24, 2.45) is 0 Å². The molecule has 18 heavy (non-hydrogen) atoms. The standard InChI is InChI=1S/C12H16N2O3S/c1-13-12(16)14-11(15)6-7-18-10-5-3-4-9(8-10)17-2/h3-5,8H,6-7H2,1-2H3,(H2,13,14,15,16). The van der Waals surface area contributed by atoms with Crippen molar-refractivity contribution >= 4 is 23.7 Å². The maximum absolute atomic E-state index is 11.3. The van der Waals surface area contributed by atoms with Crippen LogP contribution < -0.4 is 15.4 Å². The normalized spacial score (nSPS) is 9.67. The summed E-state index contributed by atoms with van der Waals surface area (Å²) < 4.78 is 5.10. The van der Waals surface area contributed by atoms with E-state index in [9.17, 15) is 9.59 Å². The summed E-state index contributed by atoms with van der Waals surface area (Å²) in [5, 5.41) is 4.54. The fourth-order valence-corrected chi connectivity index (χ4v) is 2.10. The van der Waals surface area contributed by atoms with Crippen molar-refractivity contribution in [2.45, 2.75) is 11.3 Å². The molecule has 1 aromatic rings. The minimum absolute atomic E-state index is 0.287. The predicted molar refractivity (Wildman–Crippen MR) is 70.9 cm³/mol. The SMILES string of the molecule is CNC(=O)NC(=O)CCSc1cccc(OC)c1. The van der Waals surface area contributed by atoms with Gasteiger partial charge in [0.2, 0.25) is 5.91 Å². The zero-order valence-electron chi connectivity index (χ0n) is 10.4. The first-order chi connectivity index (χ1) is 8.65. The molecule has 0 bridgehead atoms. The fraction of sp³-hybridized carbons (Fsp3) is 0.333. The number of ether oxygens (including phenoxy) is 1. The largest absolute Gasteiger partial charge is 0.497 e. The van der Waals surface area contributed by atoms with Crippen LogP contribution in [0.15, 0.2) is 29.2 Å². The molecule has 3 amide bonds. The van der Waals surface area contributed by atoms with E-state index < -0.39 is 6.03 Å². The van der Waals surface area contributed by atoms with E-state index in [-0.39, 0.29) is 12.3 Å². The van der Waals surface area contributed by atoms with Crippen molar-refractivity contribution in [1.82, 2.24) is 10.6 Å². The van der Waals surface area contributed by atoms with Crippen molar-refractivity contribution in [2.75, 3.05) is 19.9 Å².